The van der Waals surface area contributed by atoms with Gasteiger partial charge in [-0.25, -0.2) is 4.98 Å². The van der Waals surface area contributed by atoms with Crippen molar-refractivity contribution < 1.29 is 0 Å². The largest absolute Gasteiger partial charge is 0.264 e. The van der Waals surface area contributed by atoms with E-state index in [1.54, 1.807) is 6.20 Å². The molecule has 0 spiro atoms. The van der Waals surface area contributed by atoms with Crippen molar-refractivity contribution >= 4 is 11.6 Å². The molecule has 2 heterocycles. The molecule has 0 aliphatic carbocycles. The van der Waals surface area contributed by atoms with Gasteiger partial charge in [0.05, 0.1) is 0 Å². The molecule has 4 aromatic rings. The lowest BCUT2D eigenvalue weighted by Crippen LogP contribution is -1.97. The standard InChI is InChI=1S/C20H13ClN4/c21-20-24-18(15-5-2-1-3-6-15)23-19(25-20)16-10-8-14(9-11-16)17-7-4-12-22-13-17/h1-13H. The lowest BCUT2D eigenvalue weighted by molar-refractivity contribution is 1.07. The maximum atomic E-state index is 6.11. The first kappa shape index (κ1) is 15.4. The Balaban J connectivity index is 1.71. The second-order valence-electron chi connectivity index (χ2n) is 5.44. The first-order chi connectivity index (χ1) is 12.3. The van der Waals surface area contributed by atoms with Crippen LogP contribution in [0, 0.1) is 0 Å². The number of aromatic nitrogens is 4. The predicted molar refractivity (Wildman–Crippen MR) is 98.9 cm³/mol. The fourth-order valence-electron chi connectivity index (χ4n) is 2.54. The van der Waals surface area contributed by atoms with Crippen molar-refractivity contribution in [2.75, 3.05) is 0 Å². The highest BCUT2D eigenvalue weighted by Gasteiger charge is 2.09. The summed E-state index contributed by atoms with van der Waals surface area (Å²) >= 11 is 6.11. The summed E-state index contributed by atoms with van der Waals surface area (Å²) in [5.74, 6) is 1.11. The Bertz CT molecular complexity index is 987. The molecule has 25 heavy (non-hydrogen) atoms. The molecule has 0 bridgehead atoms. The Hall–Kier alpha value is -3.11. The summed E-state index contributed by atoms with van der Waals surface area (Å²) in [5.41, 5.74) is 3.93. The minimum absolute atomic E-state index is 0.181. The van der Waals surface area contributed by atoms with E-state index in [1.165, 1.54) is 0 Å². The zero-order valence-electron chi connectivity index (χ0n) is 13.2. The summed E-state index contributed by atoms with van der Waals surface area (Å²) in [5, 5.41) is 0.181. The van der Waals surface area contributed by atoms with Gasteiger partial charge >= 0.3 is 0 Å². The van der Waals surface area contributed by atoms with Gasteiger partial charge in [0, 0.05) is 23.5 Å². The molecule has 0 radical (unpaired) electrons. The number of hydrogen-bond acceptors (Lipinski definition) is 4. The monoisotopic (exact) mass is 344 g/mol. The van der Waals surface area contributed by atoms with E-state index in [-0.39, 0.29) is 5.28 Å². The van der Waals surface area contributed by atoms with Crippen LogP contribution in [0.2, 0.25) is 5.28 Å². The molecule has 2 aromatic heterocycles. The van der Waals surface area contributed by atoms with Gasteiger partial charge in [0.15, 0.2) is 11.6 Å². The van der Waals surface area contributed by atoms with Gasteiger partial charge in [-0.2, -0.15) is 9.97 Å². The summed E-state index contributed by atoms with van der Waals surface area (Å²) in [6.45, 7) is 0. The summed E-state index contributed by atoms with van der Waals surface area (Å²) in [4.78, 5) is 17.2. The van der Waals surface area contributed by atoms with E-state index in [0.717, 1.165) is 22.3 Å². The SMILES string of the molecule is Clc1nc(-c2ccccc2)nc(-c2ccc(-c3cccnc3)cc2)n1. The van der Waals surface area contributed by atoms with Gasteiger partial charge in [0.1, 0.15) is 0 Å². The topological polar surface area (TPSA) is 51.6 Å². The van der Waals surface area contributed by atoms with Gasteiger partial charge in [-0.15, -0.1) is 0 Å². The van der Waals surface area contributed by atoms with Crippen LogP contribution in [-0.4, -0.2) is 19.9 Å². The maximum absolute atomic E-state index is 6.11. The zero-order valence-corrected chi connectivity index (χ0v) is 13.9. The lowest BCUT2D eigenvalue weighted by atomic mass is 10.1. The molecule has 0 saturated carbocycles. The van der Waals surface area contributed by atoms with Gasteiger partial charge in [-0.3, -0.25) is 4.98 Å². The van der Waals surface area contributed by atoms with Crippen LogP contribution < -0.4 is 0 Å². The van der Waals surface area contributed by atoms with Crippen LogP contribution in [0.5, 0.6) is 0 Å². The van der Waals surface area contributed by atoms with E-state index < -0.39 is 0 Å². The van der Waals surface area contributed by atoms with E-state index in [4.69, 9.17) is 11.6 Å². The van der Waals surface area contributed by atoms with Crippen molar-refractivity contribution in [2.24, 2.45) is 0 Å². The normalized spacial score (nSPS) is 10.6. The van der Waals surface area contributed by atoms with Gasteiger partial charge in [0.2, 0.25) is 5.28 Å². The van der Waals surface area contributed by atoms with Crippen LogP contribution in [0.3, 0.4) is 0 Å². The first-order valence-corrected chi connectivity index (χ1v) is 8.15. The first-order valence-electron chi connectivity index (χ1n) is 7.77. The van der Waals surface area contributed by atoms with Crippen LogP contribution >= 0.6 is 11.6 Å². The molecular formula is C20H13ClN4. The maximum Gasteiger partial charge on any atom is 0.226 e. The van der Waals surface area contributed by atoms with Gasteiger partial charge in [-0.1, -0.05) is 60.7 Å². The molecule has 0 aliphatic rings. The van der Waals surface area contributed by atoms with Crippen molar-refractivity contribution in [1.82, 2.24) is 19.9 Å². The Labute approximate surface area is 150 Å². The fraction of sp³-hybridized carbons (Fsp3) is 0. The molecule has 0 fully saturated rings. The zero-order chi connectivity index (χ0) is 17.1. The summed E-state index contributed by atoms with van der Waals surface area (Å²) in [7, 11) is 0. The summed E-state index contributed by atoms with van der Waals surface area (Å²) in [6, 6.07) is 21.7. The second kappa shape index (κ2) is 6.79. The Morgan fingerprint density at radius 3 is 1.80 bits per heavy atom. The third-order valence-electron chi connectivity index (χ3n) is 3.78. The Morgan fingerprint density at radius 2 is 1.16 bits per heavy atom. The van der Waals surface area contributed by atoms with Crippen molar-refractivity contribution in [1.29, 1.82) is 0 Å². The molecular weight excluding hydrogens is 332 g/mol. The van der Waals surface area contributed by atoms with Crippen molar-refractivity contribution in [3.63, 3.8) is 0 Å². The average molecular weight is 345 g/mol. The summed E-state index contributed by atoms with van der Waals surface area (Å²) in [6.07, 6.45) is 3.60. The predicted octanol–water partition coefficient (Wildman–Crippen LogP) is 4.92. The van der Waals surface area contributed by atoms with Crippen LogP contribution in [0.1, 0.15) is 0 Å². The smallest absolute Gasteiger partial charge is 0.226 e. The molecule has 5 heteroatoms. The number of benzene rings is 2. The number of pyridine rings is 1. The van der Waals surface area contributed by atoms with E-state index in [9.17, 15) is 0 Å². The fourth-order valence-corrected chi connectivity index (χ4v) is 2.70. The van der Waals surface area contributed by atoms with Crippen molar-refractivity contribution in [3.8, 4) is 33.9 Å². The molecule has 0 unspecified atom stereocenters. The van der Waals surface area contributed by atoms with Gasteiger partial charge in [0.25, 0.3) is 0 Å². The second-order valence-corrected chi connectivity index (χ2v) is 5.77. The van der Waals surface area contributed by atoms with Crippen molar-refractivity contribution in [2.45, 2.75) is 0 Å². The van der Waals surface area contributed by atoms with Crippen LogP contribution in [0.4, 0.5) is 0 Å². The van der Waals surface area contributed by atoms with Gasteiger partial charge in [-0.05, 0) is 28.8 Å². The molecule has 4 rings (SSSR count). The number of nitrogens with zero attached hydrogens (tertiary/aromatic N) is 4. The van der Waals surface area contributed by atoms with E-state index >= 15 is 0 Å². The van der Waals surface area contributed by atoms with Crippen LogP contribution in [0.25, 0.3) is 33.9 Å². The molecule has 0 aliphatic heterocycles. The third kappa shape index (κ3) is 3.39. The number of rotatable bonds is 3. The molecule has 0 N–H and O–H groups in total. The summed E-state index contributed by atoms with van der Waals surface area (Å²) < 4.78 is 0. The minimum atomic E-state index is 0.181. The highest BCUT2D eigenvalue weighted by Crippen LogP contribution is 2.24. The lowest BCUT2D eigenvalue weighted by Gasteiger charge is -2.06. The number of hydrogen-bond donors (Lipinski definition) is 0. The van der Waals surface area contributed by atoms with E-state index in [2.05, 4.69) is 19.9 Å². The molecule has 0 atom stereocenters. The molecule has 0 saturated heterocycles. The minimum Gasteiger partial charge on any atom is -0.264 e. The highest BCUT2D eigenvalue weighted by molar-refractivity contribution is 6.28. The third-order valence-corrected chi connectivity index (χ3v) is 3.95. The molecule has 4 nitrogen and oxygen atoms in total. The van der Waals surface area contributed by atoms with Gasteiger partial charge < -0.3 is 0 Å². The average Bonchev–Trinajstić information content (AvgIpc) is 2.69. The molecule has 2 aromatic carbocycles. The Morgan fingerprint density at radius 1 is 0.560 bits per heavy atom. The van der Waals surface area contributed by atoms with Crippen LogP contribution in [0.15, 0.2) is 79.1 Å². The molecule has 0 amide bonds. The van der Waals surface area contributed by atoms with E-state index in [0.29, 0.717) is 11.6 Å². The van der Waals surface area contributed by atoms with Crippen LogP contribution in [-0.2, 0) is 0 Å². The quantitative estimate of drug-likeness (QED) is 0.529. The number of halogens is 1. The molecule has 120 valence electrons. The Kier molecular flexibility index (Phi) is 4.19. The van der Waals surface area contributed by atoms with Crippen molar-refractivity contribution in [3.05, 3.63) is 84.4 Å². The van der Waals surface area contributed by atoms with E-state index in [1.807, 2.05) is 72.9 Å². The highest BCUT2D eigenvalue weighted by atomic mass is 35.5.